The molecule has 2 aliphatic heterocycles. The summed E-state index contributed by atoms with van der Waals surface area (Å²) in [5.74, 6) is 2.89. The van der Waals surface area contributed by atoms with Crippen LogP contribution in [0.25, 0.3) is 0 Å². The zero-order chi connectivity index (χ0) is 22.3. The Morgan fingerprint density at radius 3 is 2.78 bits per heavy atom. The predicted molar refractivity (Wildman–Crippen MR) is 114 cm³/mol. The van der Waals surface area contributed by atoms with Gasteiger partial charge in [0.15, 0.2) is 5.76 Å². The first-order chi connectivity index (χ1) is 15.5. The van der Waals surface area contributed by atoms with Crippen molar-refractivity contribution in [2.75, 3.05) is 26.3 Å². The molecule has 3 aromatic heterocycles. The van der Waals surface area contributed by atoms with Crippen molar-refractivity contribution in [1.82, 2.24) is 24.8 Å². The van der Waals surface area contributed by atoms with Crippen LogP contribution in [0.3, 0.4) is 0 Å². The Balaban J connectivity index is 1.38. The minimum absolute atomic E-state index is 0.0417. The Kier molecular flexibility index (Phi) is 5.36. The molecular weight excluding hydrogens is 410 g/mol. The number of ether oxygens (including phenoxy) is 1. The molecule has 1 spiro atoms. The molecule has 1 atom stereocenters. The molecule has 2 aliphatic rings. The average molecular weight is 440 g/mol. The molecule has 1 amide bonds. The first-order valence-electron chi connectivity index (χ1n) is 11.3. The lowest BCUT2D eigenvalue weighted by Crippen LogP contribution is -2.37. The number of aromatic nitrogens is 4. The van der Waals surface area contributed by atoms with Gasteiger partial charge in [0.05, 0.1) is 5.69 Å². The third kappa shape index (κ3) is 3.54. The first kappa shape index (κ1) is 20.9. The number of carbonyl (C=O) groups is 1. The van der Waals surface area contributed by atoms with Crippen LogP contribution in [0.1, 0.15) is 64.8 Å². The van der Waals surface area contributed by atoms with Gasteiger partial charge in [-0.05, 0) is 45.7 Å². The number of hydrogen-bond donors (Lipinski definition) is 0. The predicted octanol–water partition coefficient (Wildman–Crippen LogP) is 3.12. The van der Waals surface area contributed by atoms with Gasteiger partial charge in [0.1, 0.15) is 23.7 Å². The van der Waals surface area contributed by atoms with Gasteiger partial charge in [-0.1, -0.05) is 5.16 Å². The van der Waals surface area contributed by atoms with Crippen molar-refractivity contribution in [3.05, 3.63) is 52.8 Å². The van der Waals surface area contributed by atoms with Crippen molar-refractivity contribution >= 4 is 5.91 Å². The molecule has 0 bridgehead atoms. The first-order valence-corrected chi connectivity index (χ1v) is 11.3. The topological polar surface area (TPSA) is 99.4 Å². The maximum Gasteiger partial charge on any atom is 0.289 e. The third-order valence-electron chi connectivity index (χ3n) is 7.13. The Morgan fingerprint density at radius 1 is 1.25 bits per heavy atom. The second-order valence-corrected chi connectivity index (χ2v) is 8.93. The number of aryl methyl sites for hydroxylation is 3. The Hall–Kier alpha value is -2.94. The van der Waals surface area contributed by atoms with Crippen molar-refractivity contribution in [1.29, 1.82) is 0 Å². The molecule has 170 valence electrons. The largest absolute Gasteiger partial charge is 0.456 e. The van der Waals surface area contributed by atoms with Gasteiger partial charge < -0.3 is 23.1 Å². The molecule has 2 saturated heterocycles. The average Bonchev–Trinajstić information content (AvgIpc) is 3.58. The number of hydrogen-bond acceptors (Lipinski definition) is 7. The van der Waals surface area contributed by atoms with Gasteiger partial charge >= 0.3 is 0 Å². The smallest absolute Gasteiger partial charge is 0.289 e. The molecule has 2 fully saturated rings. The van der Waals surface area contributed by atoms with Gasteiger partial charge in [-0.25, -0.2) is 0 Å². The highest BCUT2D eigenvalue weighted by Crippen LogP contribution is 2.49. The monoisotopic (exact) mass is 439 g/mol. The summed E-state index contributed by atoms with van der Waals surface area (Å²) in [7, 11) is 0. The summed E-state index contributed by atoms with van der Waals surface area (Å²) < 4.78 is 19.0. The lowest BCUT2D eigenvalue weighted by molar-refractivity contribution is 0.0106. The number of furan rings is 1. The highest BCUT2D eigenvalue weighted by atomic mass is 16.5. The summed E-state index contributed by atoms with van der Waals surface area (Å²) in [6.45, 7) is 9.40. The summed E-state index contributed by atoms with van der Waals surface area (Å²) in [5.41, 5.74) is 1.80. The summed E-state index contributed by atoms with van der Waals surface area (Å²) in [4.78, 5) is 15.3. The van der Waals surface area contributed by atoms with Crippen molar-refractivity contribution in [3.8, 4) is 0 Å². The van der Waals surface area contributed by atoms with Gasteiger partial charge in [-0.3, -0.25) is 4.79 Å². The summed E-state index contributed by atoms with van der Waals surface area (Å²) >= 11 is 0. The van der Waals surface area contributed by atoms with Crippen LogP contribution < -0.4 is 0 Å². The Bertz CT molecular complexity index is 1090. The lowest BCUT2D eigenvalue weighted by Gasteiger charge is -2.37. The molecule has 0 aromatic carbocycles. The minimum atomic E-state index is -0.0778. The van der Waals surface area contributed by atoms with E-state index in [0.717, 1.165) is 48.0 Å². The maximum atomic E-state index is 13.4. The highest BCUT2D eigenvalue weighted by molar-refractivity contribution is 5.92. The number of amides is 1. The number of nitrogens with zero attached hydrogens (tertiary/aromatic N) is 5. The maximum absolute atomic E-state index is 13.4. The Labute approximate surface area is 186 Å². The van der Waals surface area contributed by atoms with E-state index in [1.165, 1.54) is 0 Å². The van der Waals surface area contributed by atoms with Crippen LogP contribution in [0.5, 0.6) is 0 Å². The second-order valence-electron chi connectivity index (χ2n) is 8.93. The summed E-state index contributed by atoms with van der Waals surface area (Å²) in [6.07, 6.45) is 4.15. The zero-order valence-electron chi connectivity index (χ0n) is 18.8. The fourth-order valence-corrected chi connectivity index (χ4v) is 5.21. The van der Waals surface area contributed by atoms with E-state index < -0.39 is 0 Å². The highest BCUT2D eigenvalue weighted by Gasteiger charge is 2.51. The normalized spacial score (nSPS) is 20.3. The van der Waals surface area contributed by atoms with Gasteiger partial charge in [-0.15, -0.1) is 10.2 Å². The molecule has 5 rings (SSSR count). The van der Waals surface area contributed by atoms with Crippen LogP contribution in [-0.4, -0.2) is 57.0 Å². The second kappa shape index (κ2) is 8.20. The molecule has 0 N–H and O–H groups in total. The molecule has 0 aliphatic carbocycles. The fraction of sp³-hybridized carbons (Fsp3) is 0.565. The lowest BCUT2D eigenvalue weighted by atomic mass is 9.71. The van der Waals surface area contributed by atoms with Gasteiger partial charge in [0, 0.05) is 56.2 Å². The number of carbonyl (C=O) groups excluding carboxylic acids is 1. The van der Waals surface area contributed by atoms with Crippen LogP contribution in [0, 0.1) is 19.3 Å². The molecule has 3 aromatic rings. The quantitative estimate of drug-likeness (QED) is 0.602. The number of rotatable bonds is 5. The molecular formula is C23H29N5O4. The van der Waals surface area contributed by atoms with E-state index in [1.54, 1.807) is 12.4 Å². The van der Waals surface area contributed by atoms with E-state index in [2.05, 4.69) is 26.8 Å². The van der Waals surface area contributed by atoms with E-state index in [0.29, 0.717) is 38.5 Å². The van der Waals surface area contributed by atoms with Crippen LogP contribution >= 0.6 is 0 Å². The van der Waals surface area contributed by atoms with Crippen molar-refractivity contribution in [3.63, 3.8) is 0 Å². The summed E-state index contributed by atoms with van der Waals surface area (Å²) in [5, 5.41) is 12.6. The standard InChI is InChI=1S/C23H29N5O4/c1-4-27-14-24-25-21(27)19-12-28(13-23(19)7-9-30-10-8-23)22(29)20-6-5-17(31-20)11-18-15(2)26-32-16(18)3/h5-6,14,19H,4,7-13H2,1-3H3. The van der Waals surface area contributed by atoms with Crippen molar-refractivity contribution in [2.45, 2.75) is 52.5 Å². The Morgan fingerprint density at radius 2 is 2.06 bits per heavy atom. The van der Waals surface area contributed by atoms with E-state index in [1.807, 2.05) is 24.8 Å². The van der Waals surface area contributed by atoms with Crippen LogP contribution in [0.2, 0.25) is 0 Å². The zero-order valence-corrected chi connectivity index (χ0v) is 18.8. The van der Waals surface area contributed by atoms with E-state index in [-0.39, 0.29) is 17.2 Å². The van der Waals surface area contributed by atoms with Gasteiger partial charge in [-0.2, -0.15) is 0 Å². The van der Waals surface area contributed by atoms with Crippen molar-refractivity contribution in [2.24, 2.45) is 5.41 Å². The molecule has 1 unspecified atom stereocenters. The summed E-state index contributed by atoms with van der Waals surface area (Å²) in [6, 6.07) is 3.64. The van der Waals surface area contributed by atoms with Gasteiger partial charge in [0.2, 0.25) is 0 Å². The molecule has 9 nitrogen and oxygen atoms in total. The molecule has 5 heterocycles. The molecule has 32 heavy (non-hydrogen) atoms. The van der Waals surface area contributed by atoms with E-state index in [9.17, 15) is 4.79 Å². The van der Waals surface area contributed by atoms with E-state index in [4.69, 9.17) is 13.7 Å². The van der Waals surface area contributed by atoms with Gasteiger partial charge in [0.25, 0.3) is 5.91 Å². The molecule has 0 saturated carbocycles. The van der Waals surface area contributed by atoms with Crippen molar-refractivity contribution < 1.29 is 18.5 Å². The SMILES string of the molecule is CCn1cnnc1C1CN(C(=O)c2ccc(Cc3c(C)noc3C)o2)CC12CCOCC2. The van der Waals surface area contributed by atoms with E-state index >= 15 is 0 Å². The minimum Gasteiger partial charge on any atom is -0.456 e. The number of likely N-dealkylation sites (tertiary alicyclic amines) is 1. The van der Waals surface area contributed by atoms with Crippen LogP contribution in [0.15, 0.2) is 27.4 Å². The van der Waals surface area contributed by atoms with Crippen LogP contribution in [-0.2, 0) is 17.7 Å². The third-order valence-corrected chi connectivity index (χ3v) is 7.13. The fourth-order valence-electron chi connectivity index (χ4n) is 5.21. The van der Waals surface area contributed by atoms with Crippen LogP contribution in [0.4, 0.5) is 0 Å². The molecule has 9 heteroatoms. The molecule has 0 radical (unpaired) electrons.